The molecule has 4 heteroatoms. The number of hydrogen-bond acceptors (Lipinski definition) is 4. The Balaban J connectivity index is 2.25. The molecule has 0 amide bonds. The van der Waals surface area contributed by atoms with Gasteiger partial charge in [0.25, 0.3) is 0 Å². The first kappa shape index (κ1) is 10.5. The predicted molar refractivity (Wildman–Crippen MR) is 48.2 cm³/mol. The summed E-state index contributed by atoms with van der Waals surface area (Å²) in [6.07, 6.45) is 2.12. The summed E-state index contributed by atoms with van der Waals surface area (Å²) in [5.41, 5.74) is 5.42. The molecular formula is C9H17NO3. The summed E-state index contributed by atoms with van der Waals surface area (Å²) >= 11 is 0. The van der Waals surface area contributed by atoms with Gasteiger partial charge in [0.05, 0.1) is 12.7 Å². The number of nitrogens with two attached hydrogens (primary N) is 1. The van der Waals surface area contributed by atoms with Gasteiger partial charge in [-0.05, 0) is 19.3 Å². The molecule has 0 bridgehead atoms. The third-order valence-electron chi connectivity index (χ3n) is 2.08. The highest BCUT2D eigenvalue weighted by atomic mass is 16.6. The summed E-state index contributed by atoms with van der Waals surface area (Å²) in [6.45, 7) is 2.93. The summed E-state index contributed by atoms with van der Waals surface area (Å²) in [5, 5.41) is 0. The van der Waals surface area contributed by atoms with Gasteiger partial charge < -0.3 is 15.2 Å². The van der Waals surface area contributed by atoms with Crippen LogP contribution in [-0.2, 0) is 14.3 Å². The van der Waals surface area contributed by atoms with E-state index in [0.717, 1.165) is 19.3 Å². The molecule has 0 aromatic rings. The van der Waals surface area contributed by atoms with E-state index in [9.17, 15) is 4.79 Å². The lowest BCUT2D eigenvalue weighted by Gasteiger charge is -2.11. The third kappa shape index (κ3) is 2.97. The fourth-order valence-corrected chi connectivity index (χ4v) is 1.35. The van der Waals surface area contributed by atoms with Crippen LogP contribution in [0.4, 0.5) is 0 Å². The van der Waals surface area contributed by atoms with Crippen LogP contribution in [0.25, 0.3) is 0 Å². The summed E-state index contributed by atoms with van der Waals surface area (Å²) in [7, 11) is 0. The first-order chi connectivity index (χ1) is 6.27. The van der Waals surface area contributed by atoms with Crippen LogP contribution in [0.15, 0.2) is 0 Å². The van der Waals surface area contributed by atoms with Gasteiger partial charge in [0.2, 0.25) is 0 Å². The van der Waals surface area contributed by atoms with E-state index < -0.39 is 0 Å². The zero-order chi connectivity index (χ0) is 9.68. The molecule has 1 aliphatic heterocycles. The highest BCUT2D eigenvalue weighted by molar-refractivity contribution is 5.74. The molecule has 0 saturated carbocycles. The SMILES string of the molecule is CCCOC(=O)C1CCC(CN)O1. The van der Waals surface area contributed by atoms with Gasteiger partial charge in [-0.3, -0.25) is 0 Å². The van der Waals surface area contributed by atoms with Crippen LogP contribution in [-0.4, -0.2) is 31.3 Å². The number of carbonyl (C=O) groups is 1. The monoisotopic (exact) mass is 187 g/mol. The Kier molecular flexibility index (Phi) is 4.18. The summed E-state index contributed by atoms with van der Waals surface area (Å²) < 4.78 is 10.3. The Bertz CT molecular complexity index is 172. The molecule has 0 radical (unpaired) electrons. The minimum Gasteiger partial charge on any atom is -0.464 e. The van der Waals surface area contributed by atoms with Crippen molar-refractivity contribution in [2.75, 3.05) is 13.2 Å². The second-order valence-corrected chi connectivity index (χ2v) is 3.23. The number of rotatable bonds is 4. The van der Waals surface area contributed by atoms with Crippen LogP contribution in [0.2, 0.25) is 0 Å². The summed E-state index contributed by atoms with van der Waals surface area (Å²) in [5.74, 6) is -0.238. The summed E-state index contributed by atoms with van der Waals surface area (Å²) in [6, 6.07) is 0. The fourth-order valence-electron chi connectivity index (χ4n) is 1.35. The summed E-state index contributed by atoms with van der Waals surface area (Å²) in [4.78, 5) is 11.3. The second kappa shape index (κ2) is 5.19. The highest BCUT2D eigenvalue weighted by Gasteiger charge is 2.30. The minimum absolute atomic E-state index is 0.0409. The Morgan fingerprint density at radius 1 is 1.62 bits per heavy atom. The molecule has 0 aromatic carbocycles. The van der Waals surface area contributed by atoms with Crippen molar-refractivity contribution in [3.63, 3.8) is 0 Å². The van der Waals surface area contributed by atoms with Gasteiger partial charge >= 0.3 is 5.97 Å². The van der Waals surface area contributed by atoms with E-state index in [1.165, 1.54) is 0 Å². The normalized spacial score (nSPS) is 27.5. The standard InChI is InChI=1S/C9H17NO3/c1-2-5-12-9(11)8-4-3-7(6-10)13-8/h7-8H,2-6,10H2,1H3. The topological polar surface area (TPSA) is 61.5 Å². The average molecular weight is 187 g/mol. The molecule has 76 valence electrons. The van der Waals surface area contributed by atoms with Crippen molar-refractivity contribution in [3.05, 3.63) is 0 Å². The number of hydrogen-bond donors (Lipinski definition) is 1. The van der Waals surface area contributed by atoms with Gasteiger partial charge in [-0.1, -0.05) is 6.92 Å². The smallest absolute Gasteiger partial charge is 0.335 e. The predicted octanol–water partition coefficient (Wildman–Crippen LogP) is 0.446. The molecule has 2 N–H and O–H groups in total. The van der Waals surface area contributed by atoms with Crippen LogP contribution in [0.3, 0.4) is 0 Å². The Morgan fingerprint density at radius 3 is 2.92 bits per heavy atom. The molecule has 1 heterocycles. The van der Waals surface area contributed by atoms with Gasteiger partial charge in [0.1, 0.15) is 0 Å². The zero-order valence-electron chi connectivity index (χ0n) is 7.99. The van der Waals surface area contributed by atoms with E-state index in [-0.39, 0.29) is 18.2 Å². The molecular weight excluding hydrogens is 170 g/mol. The molecule has 1 saturated heterocycles. The lowest BCUT2D eigenvalue weighted by Crippen LogP contribution is -2.26. The van der Waals surface area contributed by atoms with Crippen LogP contribution < -0.4 is 5.73 Å². The molecule has 2 unspecified atom stereocenters. The van der Waals surface area contributed by atoms with Crippen LogP contribution in [0.1, 0.15) is 26.2 Å². The van der Waals surface area contributed by atoms with Crippen LogP contribution in [0, 0.1) is 0 Å². The Morgan fingerprint density at radius 2 is 2.38 bits per heavy atom. The minimum atomic E-state index is -0.375. The first-order valence-electron chi connectivity index (χ1n) is 4.80. The van der Waals surface area contributed by atoms with E-state index in [2.05, 4.69) is 0 Å². The van der Waals surface area contributed by atoms with Crippen molar-refractivity contribution in [1.82, 2.24) is 0 Å². The van der Waals surface area contributed by atoms with Gasteiger partial charge in [0, 0.05) is 6.54 Å². The van der Waals surface area contributed by atoms with Crippen molar-refractivity contribution < 1.29 is 14.3 Å². The molecule has 0 aliphatic carbocycles. The number of carbonyl (C=O) groups excluding carboxylic acids is 1. The van der Waals surface area contributed by atoms with Crippen molar-refractivity contribution in [3.8, 4) is 0 Å². The molecule has 1 fully saturated rings. The van der Waals surface area contributed by atoms with E-state index in [1.807, 2.05) is 6.92 Å². The largest absolute Gasteiger partial charge is 0.464 e. The van der Waals surface area contributed by atoms with Crippen molar-refractivity contribution in [1.29, 1.82) is 0 Å². The molecule has 1 rings (SSSR count). The Hall–Kier alpha value is -0.610. The molecule has 1 aliphatic rings. The van der Waals surface area contributed by atoms with Gasteiger partial charge in [-0.15, -0.1) is 0 Å². The molecule has 13 heavy (non-hydrogen) atoms. The van der Waals surface area contributed by atoms with Crippen molar-refractivity contribution in [2.24, 2.45) is 5.73 Å². The lowest BCUT2D eigenvalue weighted by atomic mass is 10.2. The average Bonchev–Trinajstić information content (AvgIpc) is 2.62. The number of esters is 1. The highest BCUT2D eigenvalue weighted by Crippen LogP contribution is 2.19. The van der Waals surface area contributed by atoms with E-state index in [4.69, 9.17) is 15.2 Å². The van der Waals surface area contributed by atoms with Gasteiger partial charge in [-0.2, -0.15) is 0 Å². The van der Waals surface area contributed by atoms with Crippen LogP contribution in [0.5, 0.6) is 0 Å². The maximum absolute atomic E-state index is 11.3. The Labute approximate surface area is 78.4 Å². The van der Waals surface area contributed by atoms with Crippen molar-refractivity contribution >= 4 is 5.97 Å². The molecule has 0 spiro atoms. The zero-order valence-corrected chi connectivity index (χ0v) is 7.99. The fraction of sp³-hybridized carbons (Fsp3) is 0.889. The first-order valence-corrected chi connectivity index (χ1v) is 4.80. The quantitative estimate of drug-likeness (QED) is 0.649. The molecule has 2 atom stereocenters. The van der Waals surface area contributed by atoms with Crippen molar-refractivity contribution in [2.45, 2.75) is 38.4 Å². The maximum atomic E-state index is 11.3. The number of ether oxygens (including phenoxy) is 2. The van der Waals surface area contributed by atoms with Gasteiger partial charge in [0.15, 0.2) is 6.10 Å². The van der Waals surface area contributed by atoms with E-state index in [1.54, 1.807) is 0 Å². The van der Waals surface area contributed by atoms with Gasteiger partial charge in [-0.25, -0.2) is 4.79 Å². The molecule has 0 aromatic heterocycles. The third-order valence-corrected chi connectivity index (χ3v) is 2.08. The molecule has 4 nitrogen and oxygen atoms in total. The lowest BCUT2D eigenvalue weighted by molar-refractivity contribution is -0.156. The second-order valence-electron chi connectivity index (χ2n) is 3.23. The van der Waals surface area contributed by atoms with E-state index in [0.29, 0.717) is 13.2 Å². The van der Waals surface area contributed by atoms with Crippen LogP contribution >= 0.6 is 0 Å². The maximum Gasteiger partial charge on any atom is 0.335 e. The van der Waals surface area contributed by atoms with E-state index >= 15 is 0 Å².